The first-order valence-corrected chi connectivity index (χ1v) is 11.4. The van der Waals surface area contributed by atoms with Crippen LogP contribution in [0.2, 0.25) is 0 Å². The maximum atomic E-state index is 2.49. The van der Waals surface area contributed by atoms with Crippen LogP contribution in [-0.4, -0.2) is 29.3 Å². The highest BCUT2D eigenvalue weighted by atomic mass is 15.1. The Hall–Kier alpha value is -1.57. The molecule has 27 heavy (non-hydrogen) atoms. The monoisotopic (exact) mass is 365 g/mol. The van der Waals surface area contributed by atoms with Crippen LogP contribution < -0.4 is 0 Å². The largest absolute Gasteiger partial charge is 0.351 e. The van der Waals surface area contributed by atoms with Gasteiger partial charge in [-0.2, -0.15) is 0 Å². The van der Waals surface area contributed by atoms with Gasteiger partial charge in [0, 0.05) is 42.9 Å². The topological polar surface area (TPSA) is 6.25 Å². The van der Waals surface area contributed by atoms with Crippen molar-refractivity contribution < 1.29 is 4.58 Å². The van der Waals surface area contributed by atoms with Crippen molar-refractivity contribution in [3.05, 3.63) is 46.5 Å². The van der Waals surface area contributed by atoms with Gasteiger partial charge < -0.3 is 4.90 Å². The first kappa shape index (κ1) is 18.8. The summed E-state index contributed by atoms with van der Waals surface area (Å²) in [6, 6.07) is 0. The third kappa shape index (κ3) is 4.15. The van der Waals surface area contributed by atoms with Crippen LogP contribution in [-0.2, 0) is 0 Å². The number of allylic oxidation sites excluding steroid dienone is 7. The van der Waals surface area contributed by atoms with E-state index in [-0.39, 0.29) is 0 Å². The molecule has 0 aromatic carbocycles. The first-order valence-electron chi connectivity index (χ1n) is 11.4. The van der Waals surface area contributed by atoms with E-state index in [1.54, 1.807) is 22.5 Å². The third-order valence-electron chi connectivity index (χ3n) is 7.14. The van der Waals surface area contributed by atoms with Crippen molar-refractivity contribution in [2.75, 3.05) is 14.1 Å². The highest BCUT2D eigenvalue weighted by Crippen LogP contribution is 2.37. The lowest BCUT2D eigenvalue weighted by atomic mass is 9.96. The molecule has 2 aliphatic heterocycles. The summed E-state index contributed by atoms with van der Waals surface area (Å²) in [5.41, 5.74) is 9.67. The maximum absolute atomic E-state index is 2.49. The van der Waals surface area contributed by atoms with Crippen LogP contribution in [0.25, 0.3) is 0 Å². The van der Waals surface area contributed by atoms with Crippen LogP contribution in [0.1, 0.15) is 89.9 Å². The molecule has 0 saturated carbocycles. The quantitative estimate of drug-likeness (QED) is 0.509. The van der Waals surface area contributed by atoms with Crippen molar-refractivity contribution in [1.29, 1.82) is 0 Å². The summed E-state index contributed by atoms with van der Waals surface area (Å²) >= 11 is 0. The van der Waals surface area contributed by atoms with Crippen LogP contribution in [0.15, 0.2) is 46.5 Å². The Morgan fingerprint density at radius 3 is 2.22 bits per heavy atom. The molecule has 0 amide bonds. The third-order valence-corrected chi connectivity index (χ3v) is 7.14. The molecule has 2 aliphatic carbocycles. The average Bonchev–Trinajstić information content (AvgIpc) is 3.05. The van der Waals surface area contributed by atoms with E-state index >= 15 is 0 Å². The second kappa shape index (κ2) is 8.63. The Bertz CT molecular complexity index is 729. The Labute approximate surface area is 166 Å². The normalized spacial score (nSPS) is 26.4. The molecule has 0 spiro atoms. The molecular formula is C25H37N2+. The second-order valence-corrected chi connectivity index (χ2v) is 8.91. The zero-order chi connectivity index (χ0) is 18.6. The summed E-state index contributed by atoms with van der Waals surface area (Å²) in [6.07, 6.45) is 25.8. The van der Waals surface area contributed by atoms with Crippen molar-refractivity contribution in [1.82, 2.24) is 4.90 Å². The van der Waals surface area contributed by atoms with Gasteiger partial charge in [0.1, 0.15) is 7.05 Å². The zero-order valence-corrected chi connectivity index (χ0v) is 17.5. The van der Waals surface area contributed by atoms with Gasteiger partial charge in [0.25, 0.3) is 0 Å². The van der Waals surface area contributed by atoms with Gasteiger partial charge in [-0.05, 0) is 56.6 Å². The fraction of sp³-hybridized carbons (Fsp3) is 0.640. The molecule has 2 heteroatoms. The van der Waals surface area contributed by atoms with Gasteiger partial charge in [-0.15, -0.1) is 0 Å². The van der Waals surface area contributed by atoms with Crippen LogP contribution in [0.4, 0.5) is 0 Å². The minimum Gasteiger partial charge on any atom is -0.351 e. The van der Waals surface area contributed by atoms with E-state index in [0.717, 1.165) is 0 Å². The minimum absolute atomic E-state index is 1.18. The summed E-state index contributed by atoms with van der Waals surface area (Å²) in [6.45, 7) is 0. The molecule has 0 bridgehead atoms. The highest BCUT2D eigenvalue weighted by Gasteiger charge is 2.28. The van der Waals surface area contributed by atoms with Crippen molar-refractivity contribution in [3.63, 3.8) is 0 Å². The van der Waals surface area contributed by atoms with E-state index < -0.39 is 0 Å². The highest BCUT2D eigenvalue weighted by molar-refractivity contribution is 5.94. The Balaban J connectivity index is 1.43. The molecule has 0 N–H and O–H groups in total. The van der Waals surface area contributed by atoms with Gasteiger partial charge in [-0.3, -0.25) is 0 Å². The molecule has 0 aromatic rings. The van der Waals surface area contributed by atoms with Crippen LogP contribution >= 0.6 is 0 Å². The molecular weight excluding hydrogens is 328 g/mol. The van der Waals surface area contributed by atoms with Crippen molar-refractivity contribution >= 4 is 5.71 Å². The molecule has 4 aliphatic rings. The van der Waals surface area contributed by atoms with Crippen molar-refractivity contribution in [2.24, 2.45) is 0 Å². The number of nitrogens with zero attached hydrogens (tertiary/aromatic N) is 2. The molecule has 2 heterocycles. The van der Waals surface area contributed by atoms with Crippen molar-refractivity contribution in [3.8, 4) is 0 Å². The van der Waals surface area contributed by atoms with Crippen molar-refractivity contribution in [2.45, 2.75) is 89.9 Å². The van der Waals surface area contributed by atoms with E-state index in [1.807, 2.05) is 0 Å². The van der Waals surface area contributed by atoms with E-state index in [4.69, 9.17) is 0 Å². The standard InChI is InChI=1S/C25H37N2/c1-26-22(18-20-12-7-3-5-9-16-24(20)26)14-11-15-23-19-21-13-8-4-6-10-17-25(21)27(23)2/h11,14-15H,3-10,12-13,16-19H2,1-2H3/q+1. The van der Waals surface area contributed by atoms with E-state index in [9.17, 15) is 0 Å². The number of rotatable bonds is 2. The molecule has 146 valence electrons. The Morgan fingerprint density at radius 1 is 0.778 bits per heavy atom. The van der Waals surface area contributed by atoms with E-state index in [0.29, 0.717) is 0 Å². The van der Waals surface area contributed by atoms with E-state index in [1.165, 1.54) is 101 Å². The molecule has 0 unspecified atom stereocenters. The van der Waals surface area contributed by atoms with Crippen LogP contribution in [0.5, 0.6) is 0 Å². The molecule has 0 saturated heterocycles. The predicted molar refractivity (Wildman–Crippen MR) is 115 cm³/mol. The smallest absolute Gasteiger partial charge is 0.185 e. The summed E-state index contributed by atoms with van der Waals surface area (Å²) in [4.78, 5) is 2.49. The molecule has 0 fully saturated rings. The lowest BCUT2D eigenvalue weighted by molar-refractivity contribution is -0.443. The molecule has 0 atom stereocenters. The molecule has 0 radical (unpaired) electrons. The summed E-state index contributed by atoms with van der Waals surface area (Å²) in [5.74, 6) is 0. The fourth-order valence-corrected chi connectivity index (χ4v) is 5.43. The van der Waals surface area contributed by atoms with Gasteiger partial charge >= 0.3 is 0 Å². The van der Waals surface area contributed by atoms with Gasteiger partial charge in [0.2, 0.25) is 0 Å². The maximum Gasteiger partial charge on any atom is 0.185 e. The first-order chi connectivity index (χ1) is 13.2. The minimum atomic E-state index is 1.18. The van der Waals surface area contributed by atoms with Gasteiger partial charge in [0.05, 0.1) is 6.42 Å². The Morgan fingerprint density at radius 2 is 1.44 bits per heavy atom. The average molecular weight is 366 g/mol. The Kier molecular flexibility index (Phi) is 6.00. The lowest BCUT2D eigenvalue weighted by Crippen LogP contribution is -2.12. The molecule has 4 rings (SSSR count). The number of hydrogen-bond donors (Lipinski definition) is 0. The second-order valence-electron chi connectivity index (χ2n) is 8.91. The zero-order valence-electron chi connectivity index (χ0n) is 17.5. The lowest BCUT2D eigenvalue weighted by Gasteiger charge is -2.20. The van der Waals surface area contributed by atoms with Gasteiger partial charge in [-0.1, -0.05) is 31.8 Å². The molecule has 0 aromatic heterocycles. The summed E-state index contributed by atoms with van der Waals surface area (Å²) < 4.78 is 2.49. The van der Waals surface area contributed by atoms with Crippen LogP contribution in [0.3, 0.4) is 0 Å². The van der Waals surface area contributed by atoms with Gasteiger partial charge in [0.15, 0.2) is 11.4 Å². The summed E-state index contributed by atoms with van der Waals surface area (Å²) in [5, 5.41) is 0. The fourth-order valence-electron chi connectivity index (χ4n) is 5.43. The molecule has 2 nitrogen and oxygen atoms in total. The van der Waals surface area contributed by atoms with Gasteiger partial charge in [-0.25, -0.2) is 4.58 Å². The van der Waals surface area contributed by atoms with E-state index in [2.05, 4.69) is 41.8 Å². The predicted octanol–water partition coefficient (Wildman–Crippen LogP) is 6.47. The number of hydrogen-bond acceptors (Lipinski definition) is 1. The summed E-state index contributed by atoms with van der Waals surface area (Å²) in [7, 11) is 4.57. The van der Waals surface area contributed by atoms with Crippen LogP contribution in [0, 0.1) is 0 Å². The SMILES string of the molecule is CN1C(=CC=CC2=[N+](C)C3=C(CCCCCC3)C2)CC2=C1CCCCCC2.